The second kappa shape index (κ2) is 6.11. The molecule has 0 spiro atoms. The van der Waals surface area contributed by atoms with Crippen molar-refractivity contribution >= 4 is 5.97 Å². The first-order valence-corrected chi connectivity index (χ1v) is 6.01. The smallest absolute Gasteiger partial charge is 0.310 e. The van der Waals surface area contributed by atoms with Gasteiger partial charge in [0, 0.05) is 6.54 Å². The van der Waals surface area contributed by atoms with Crippen molar-refractivity contribution in [2.24, 2.45) is 23.5 Å². The molecule has 1 fully saturated rings. The van der Waals surface area contributed by atoms with Crippen LogP contribution in [0, 0.1) is 17.8 Å². The first-order chi connectivity index (χ1) is 7.15. The summed E-state index contributed by atoms with van der Waals surface area (Å²) in [4.78, 5) is 11.7. The Morgan fingerprint density at radius 1 is 1.40 bits per heavy atom. The number of hydrogen-bond acceptors (Lipinski definition) is 3. The minimum Gasteiger partial charge on any atom is -0.465 e. The van der Waals surface area contributed by atoms with Crippen LogP contribution in [-0.2, 0) is 9.53 Å². The van der Waals surface area contributed by atoms with E-state index in [1.807, 2.05) is 13.8 Å². The van der Waals surface area contributed by atoms with Gasteiger partial charge in [0.15, 0.2) is 0 Å². The molecule has 0 saturated heterocycles. The molecule has 3 nitrogen and oxygen atoms in total. The van der Waals surface area contributed by atoms with E-state index in [0.717, 1.165) is 0 Å². The molecule has 0 bridgehead atoms. The molecule has 0 aliphatic heterocycles. The maximum absolute atomic E-state index is 11.7. The van der Waals surface area contributed by atoms with Gasteiger partial charge in [-0.3, -0.25) is 4.79 Å². The number of carbonyl (C=O) groups is 1. The van der Waals surface area contributed by atoms with Crippen molar-refractivity contribution in [2.45, 2.75) is 39.5 Å². The topological polar surface area (TPSA) is 52.3 Å². The van der Waals surface area contributed by atoms with Crippen LogP contribution in [0.25, 0.3) is 0 Å². The fourth-order valence-corrected chi connectivity index (χ4v) is 2.12. The van der Waals surface area contributed by atoms with Crippen LogP contribution < -0.4 is 5.73 Å². The van der Waals surface area contributed by atoms with Gasteiger partial charge in [-0.2, -0.15) is 0 Å². The van der Waals surface area contributed by atoms with Gasteiger partial charge < -0.3 is 10.5 Å². The number of hydrogen-bond donors (Lipinski definition) is 1. The normalized spacial score (nSPS) is 19.5. The quantitative estimate of drug-likeness (QED) is 0.710. The number of ether oxygens (including phenoxy) is 1. The highest BCUT2D eigenvalue weighted by atomic mass is 16.5. The molecule has 88 valence electrons. The van der Waals surface area contributed by atoms with Crippen LogP contribution in [0.4, 0.5) is 0 Å². The lowest BCUT2D eigenvalue weighted by Crippen LogP contribution is -2.31. The third-order valence-electron chi connectivity index (χ3n) is 3.30. The van der Waals surface area contributed by atoms with E-state index in [4.69, 9.17) is 10.5 Å². The van der Waals surface area contributed by atoms with Gasteiger partial charge in [-0.25, -0.2) is 0 Å². The van der Waals surface area contributed by atoms with E-state index in [-0.39, 0.29) is 17.8 Å². The predicted molar refractivity (Wildman–Crippen MR) is 60.3 cm³/mol. The molecule has 0 amide bonds. The lowest BCUT2D eigenvalue weighted by molar-refractivity contribution is -0.151. The summed E-state index contributed by atoms with van der Waals surface area (Å²) in [7, 11) is 0. The lowest BCUT2D eigenvalue weighted by Gasteiger charge is -2.18. The molecule has 15 heavy (non-hydrogen) atoms. The molecule has 2 N–H and O–H groups in total. The minimum atomic E-state index is -0.133. The van der Waals surface area contributed by atoms with Crippen LogP contribution in [0.5, 0.6) is 0 Å². The van der Waals surface area contributed by atoms with Crippen LogP contribution in [0.1, 0.15) is 39.5 Å². The highest BCUT2D eigenvalue weighted by Crippen LogP contribution is 2.25. The summed E-state index contributed by atoms with van der Waals surface area (Å²) >= 11 is 0. The zero-order chi connectivity index (χ0) is 11.3. The molecule has 1 aliphatic rings. The van der Waals surface area contributed by atoms with Crippen LogP contribution in [0.15, 0.2) is 0 Å². The Hall–Kier alpha value is -0.570. The number of rotatable bonds is 5. The average molecular weight is 213 g/mol. The molecule has 1 unspecified atom stereocenters. The van der Waals surface area contributed by atoms with Gasteiger partial charge in [-0.1, -0.05) is 26.7 Å². The minimum absolute atomic E-state index is 0.112. The summed E-state index contributed by atoms with van der Waals surface area (Å²) in [5, 5.41) is 0. The number of esters is 1. The van der Waals surface area contributed by atoms with E-state index in [1.54, 1.807) is 0 Å². The molecule has 1 aliphatic carbocycles. The van der Waals surface area contributed by atoms with Crippen molar-refractivity contribution in [3.8, 4) is 0 Å². The zero-order valence-corrected chi connectivity index (χ0v) is 9.87. The van der Waals surface area contributed by atoms with Gasteiger partial charge in [0.1, 0.15) is 0 Å². The van der Waals surface area contributed by atoms with Crippen molar-refractivity contribution in [1.82, 2.24) is 0 Å². The SMILES string of the molecule is CC(C)C(CN)C(=O)OCC1CCCC1. The van der Waals surface area contributed by atoms with E-state index >= 15 is 0 Å². The Bertz CT molecular complexity index is 198. The summed E-state index contributed by atoms with van der Waals surface area (Å²) in [6, 6.07) is 0. The highest BCUT2D eigenvalue weighted by molar-refractivity contribution is 5.72. The van der Waals surface area contributed by atoms with Gasteiger partial charge in [-0.05, 0) is 24.7 Å². The van der Waals surface area contributed by atoms with Crippen LogP contribution in [0.2, 0.25) is 0 Å². The second-order valence-electron chi connectivity index (χ2n) is 4.87. The van der Waals surface area contributed by atoms with E-state index in [0.29, 0.717) is 19.1 Å². The first kappa shape index (κ1) is 12.5. The zero-order valence-electron chi connectivity index (χ0n) is 9.87. The third kappa shape index (κ3) is 3.82. The Labute approximate surface area is 92.4 Å². The summed E-state index contributed by atoms with van der Waals surface area (Å²) in [5.74, 6) is 0.622. The molecule has 0 aromatic heterocycles. The van der Waals surface area contributed by atoms with E-state index in [2.05, 4.69) is 0 Å². The molecule has 3 heteroatoms. The maximum atomic E-state index is 11.7. The standard InChI is InChI=1S/C12H23NO2/c1-9(2)11(7-13)12(14)15-8-10-5-3-4-6-10/h9-11H,3-8,13H2,1-2H3. The fourth-order valence-electron chi connectivity index (χ4n) is 2.12. The molecule has 0 aromatic rings. The van der Waals surface area contributed by atoms with Crippen LogP contribution in [0.3, 0.4) is 0 Å². The van der Waals surface area contributed by atoms with E-state index in [9.17, 15) is 4.79 Å². The summed E-state index contributed by atoms with van der Waals surface area (Å²) in [5.41, 5.74) is 5.56. The van der Waals surface area contributed by atoms with Crippen molar-refractivity contribution in [2.75, 3.05) is 13.2 Å². The lowest BCUT2D eigenvalue weighted by atomic mass is 9.96. The van der Waals surface area contributed by atoms with Crippen LogP contribution >= 0.6 is 0 Å². The Morgan fingerprint density at radius 3 is 2.47 bits per heavy atom. The number of carbonyl (C=O) groups excluding carboxylic acids is 1. The van der Waals surface area contributed by atoms with Gasteiger partial charge in [-0.15, -0.1) is 0 Å². The van der Waals surface area contributed by atoms with Crippen molar-refractivity contribution in [3.05, 3.63) is 0 Å². The van der Waals surface area contributed by atoms with Gasteiger partial charge >= 0.3 is 5.97 Å². The Morgan fingerprint density at radius 2 is 2.00 bits per heavy atom. The molecule has 1 rings (SSSR count). The first-order valence-electron chi connectivity index (χ1n) is 6.01. The molecule has 0 radical (unpaired) electrons. The van der Waals surface area contributed by atoms with E-state index in [1.165, 1.54) is 25.7 Å². The molecule has 0 heterocycles. The largest absolute Gasteiger partial charge is 0.465 e. The summed E-state index contributed by atoms with van der Waals surface area (Å²) in [6.45, 7) is 5.01. The average Bonchev–Trinajstić information content (AvgIpc) is 2.67. The van der Waals surface area contributed by atoms with Crippen molar-refractivity contribution in [1.29, 1.82) is 0 Å². The molecular formula is C12H23NO2. The number of nitrogens with two attached hydrogens (primary N) is 1. The van der Waals surface area contributed by atoms with Crippen molar-refractivity contribution in [3.63, 3.8) is 0 Å². The maximum Gasteiger partial charge on any atom is 0.310 e. The molecular weight excluding hydrogens is 190 g/mol. The van der Waals surface area contributed by atoms with Gasteiger partial charge in [0.05, 0.1) is 12.5 Å². The molecule has 1 atom stereocenters. The molecule has 0 aromatic carbocycles. The Kier molecular flexibility index (Phi) is 5.09. The Balaban J connectivity index is 2.27. The van der Waals surface area contributed by atoms with E-state index < -0.39 is 0 Å². The second-order valence-corrected chi connectivity index (χ2v) is 4.87. The third-order valence-corrected chi connectivity index (χ3v) is 3.30. The highest BCUT2D eigenvalue weighted by Gasteiger charge is 2.24. The summed E-state index contributed by atoms with van der Waals surface area (Å²) < 4.78 is 5.32. The monoisotopic (exact) mass is 213 g/mol. The van der Waals surface area contributed by atoms with Crippen molar-refractivity contribution < 1.29 is 9.53 Å². The van der Waals surface area contributed by atoms with Gasteiger partial charge in [0.2, 0.25) is 0 Å². The van der Waals surface area contributed by atoms with Crippen LogP contribution in [-0.4, -0.2) is 19.1 Å². The summed E-state index contributed by atoms with van der Waals surface area (Å²) in [6.07, 6.45) is 4.99. The predicted octanol–water partition coefficient (Wildman–Crippen LogP) is 1.95. The van der Waals surface area contributed by atoms with Gasteiger partial charge in [0.25, 0.3) is 0 Å². The molecule has 1 saturated carbocycles. The fraction of sp³-hybridized carbons (Fsp3) is 0.917.